The van der Waals surface area contributed by atoms with Crippen LogP contribution >= 0.6 is 0 Å². The molecule has 0 bridgehead atoms. The maximum atomic E-state index is 9.29. The van der Waals surface area contributed by atoms with E-state index in [4.69, 9.17) is 4.89 Å². The Morgan fingerprint density at radius 1 is 1.28 bits per heavy atom. The molecular formula is C16H24O2. The average Bonchev–Trinajstić information content (AvgIpc) is 2.40. The first-order valence-electron chi connectivity index (χ1n) is 6.93. The first-order chi connectivity index (χ1) is 8.58. The largest absolute Gasteiger partial charge is 0.252 e. The van der Waals surface area contributed by atoms with Crippen LogP contribution in [0, 0.1) is 11.8 Å². The fourth-order valence-corrected chi connectivity index (χ4v) is 3.21. The SMILES string of the molecule is CC(C)C1CCC(C)(c2ccccc2)C(OO)C1. The van der Waals surface area contributed by atoms with E-state index in [0.717, 1.165) is 12.8 Å². The van der Waals surface area contributed by atoms with Gasteiger partial charge in [-0.2, -0.15) is 0 Å². The van der Waals surface area contributed by atoms with Crippen molar-refractivity contribution in [1.82, 2.24) is 0 Å². The molecule has 0 aromatic heterocycles. The van der Waals surface area contributed by atoms with Crippen molar-refractivity contribution in [2.75, 3.05) is 0 Å². The highest BCUT2D eigenvalue weighted by atomic mass is 17.1. The highest BCUT2D eigenvalue weighted by Gasteiger charge is 2.43. The summed E-state index contributed by atoms with van der Waals surface area (Å²) in [6.07, 6.45) is 3.13. The summed E-state index contributed by atoms with van der Waals surface area (Å²) in [4.78, 5) is 4.84. The lowest BCUT2D eigenvalue weighted by molar-refractivity contribution is -0.302. The van der Waals surface area contributed by atoms with Gasteiger partial charge in [-0.1, -0.05) is 51.1 Å². The molecule has 2 nitrogen and oxygen atoms in total. The molecule has 1 aliphatic rings. The zero-order valence-corrected chi connectivity index (χ0v) is 11.6. The van der Waals surface area contributed by atoms with Crippen LogP contribution in [-0.2, 0) is 10.3 Å². The standard InChI is InChI=1S/C16H24O2/c1-12(2)13-9-10-16(3,15(11-13)18-17)14-7-5-4-6-8-14/h4-8,12-13,15,17H,9-11H2,1-3H3. The predicted molar refractivity (Wildman–Crippen MR) is 73.5 cm³/mol. The Hall–Kier alpha value is -0.860. The first-order valence-corrected chi connectivity index (χ1v) is 6.93. The molecule has 0 amide bonds. The van der Waals surface area contributed by atoms with Gasteiger partial charge in [-0.3, -0.25) is 5.26 Å². The smallest absolute Gasteiger partial charge is 0.102 e. The molecule has 100 valence electrons. The molecule has 1 N–H and O–H groups in total. The molecule has 0 spiro atoms. The second kappa shape index (κ2) is 5.41. The summed E-state index contributed by atoms with van der Waals surface area (Å²) in [7, 11) is 0. The van der Waals surface area contributed by atoms with Gasteiger partial charge in [0.25, 0.3) is 0 Å². The second-order valence-corrected chi connectivity index (χ2v) is 6.16. The van der Waals surface area contributed by atoms with Gasteiger partial charge in [-0.05, 0) is 36.7 Å². The molecule has 2 rings (SSSR count). The van der Waals surface area contributed by atoms with E-state index < -0.39 is 0 Å². The van der Waals surface area contributed by atoms with E-state index in [1.54, 1.807) is 0 Å². The molecule has 1 aromatic carbocycles. The van der Waals surface area contributed by atoms with Crippen LogP contribution in [0.2, 0.25) is 0 Å². The Kier molecular flexibility index (Phi) is 4.08. The number of hydrogen-bond acceptors (Lipinski definition) is 2. The molecule has 0 radical (unpaired) electrons. The van der Waals surface area contributed by atoms with Crippen LogP contribution in [0.5, 0.6) is 0 Å². The van der Waals surface area contributed by atoms with E-state index in [-0.39, 0.29) is 11.5 Å². The molecule has 1 saturated carbocycles. The van der Waals surface area contributed by atoms with Crippen LogP contribution in [0.4, 0.5) is 0 Å². The minimum Gasteiger partial charge on any atom is -0.252 e. The Bertz CT molecular complexity index is 374. The van der Waals surface area contributed by atoms with E-state index in [9.17, 15) is 5.26 Å². The fraction of sp³-hybridized carbons (Fsp3) is 0.625. The molecular weight excluding hydrogens is 224 g/mol. The first kappa shape index (κ1) is 13.6. The second-order valence-electron chi connectivity index (χ2n) is 6.16. The van der Waals surface area contributed by atoms with Crippen molar-refractivity contribution in [2.45, 2.75) is 51.6 Å². The Balaban J connectivity index is 2.23. The van der Waals surface area contributed by atoms with E-state index in [0.29, 0.717) is 11.8 Å². The lowest BCUT2D eigenvalue weighted by atomic mass is 9.64. The third-order valence-electron chi connectivity index (χ3n) is 4.77. The summed E-state index contributed by atoms with van der Waals surface area (Å²) in [5, 5.41) is 9.29. The van der Waals surface area contributed by atoms with Gasteiger partial charge in [0, 0.05) is 5.41 Å². The maximum absolute atomic E-state index is 9.29. The monoisotopic (exact) mass is 248 g/mol. The van der Waals surface area contributed by atoms with Gasteiger partial charge in [0.2, 0.25) is 0 Å². The number of hydrogen-bond donors (Lipinski definition) is 1. The van der Waals surface area contributed by atoms with Crippen molar-refractivity contribution >= 4 is 0 Å². The number of rotatable bonds is 3. The zero-order chi connectivity index (χ0) is 13.2. The molecule has 1 fully saturated rings. The van der Waals surface area contributed by atoms with Crippen LogP contribution in [0.15, 0.2) is 30.3 Å². The van der Waals surface area contributed by atoms with Crippen molar-refractivity contribution < 1.29 is 10.1 Å². The predicted octanol–water partition coefficient (Wildman–Crippen LogP) is 4.26. The van der Waals surface area contributed by atoms with Crippen molar-refractivity contribution in [2.24, 2.45) is 11.8 Å². The van der Waals surface area contributed by atoms with E-state index in [2.05, 4.69) is 45.0 Å². The minimum atomic E-state index is -0.0963. The van der Waals surface area contributed by atoms with Crippen molar-refractivity contribution in [1.29, 1.82) is 0 Å². The topological polar surface area (TPSA) is 29.5 Å². The summed E-state index contributed by atoms with van der Waals surface area (Å²) in [5.41, 5.74) is 1.20. The van der Waals surface area contributed by atoms with Gasteiger partial charge >= 0.3 is 0 Å². The third kappa shape index (κ3) is 2.45. The molecule has 3 atom stereocenters. The summed E-state index contributed by atoms with van der Waals surface area (Å²) in [5.74, 6) is 1.31. The highest BCUT2D eigenvalue weighted by molar-refractivity contribution is 5.27. The zero-order valence-electron chi connectivity index (χ0n) is 11.6. The van der Waals surface area contributed by atoms with E-state index >= 15 is 0 Å². The molecule has 0 aliphatic heterocycles. The van der Waals surface area contributed by atoms with Gasteiger partial charge in [0.05, 0.1) is 0 Å². The van der Waals surface area contributed by atoms with Crippen LogP contribution < -0.4 is 0 Å². The normalized spacial score (nSPS) is 32.7. The molecule has 0 saturated heterocycles. The third-order valence-corrected chi connectivity index (χ3v) is 4.77. The fourth-order valence-electron chi connectivity index (χ4n) is 3.21. The van der Waals surface area contributed by atoms with Crippen molar-refractivity contribution in [3.05, 3.63) is 35.9 Å². The minimum absolute atomic E-state index is 0.0681. The molecule has 2 heteroatoms. The lowest BCUT2D eigenvalue weighted by Gasteiger charge is -2.44. The van der Waals surface area contributed by atoms with Crippen molar-refractivity contribution in [3.63, 3.8) is 0 Å². The highest BCUT2D eigenvalue weighted by Crippen LogP contribution is 2.44. The molecule has 1 aliphatic carbocycles. The Morgan fingerprint density at radius 3 is 2.50 bits per heavy atom. The summed E-state index contributed by atoms with van der Waals surface area (Å²) in [6.45, 7) is 6.72. The van der Waals surface area contributed by atoms with Crippen LogP contribution in [0.1, 0.15) is 45.6 Å². The Labute approximate surface area is 110 Å². The maximum Gasteiger partial charge on any atom is 0.102 e. The molecule has 3 unspecified atom stereocenters. The Morgan fingerprint density at radius 2 is 1.94 bits per heavy atom. The van der Waals surface area contributed by atoms with Gasteiger partial charge in [0.15, 0.2) is 0 Å². The van der Waals surface area contributed by atoms with Gasteiger partial charge in [-0.25, -0.2) is 4.89 Å². The van der Waals surface area contributed by atoms with Crippen LogP contribution in [0.3, 0.4) is 0 Å². The molecule has 0 heterocycles. The van der Waals surface area contributed by atoms with Crippen LogP contribution in [0.25, 0.3) is 0 Å². The van der Waals surface area contributed by atoms with Gasteiger partial charge < -0.3 is 0 Å². The lowest BCUT2D eigenvalue weighted by Crippen LogP contribution is -2.44. The summed E-state index contributed by atoms with van der Waals surface area (Å²) < 4.78 is 0. The van der Waals surface area contributed by atoms with Crippen LogP contribution in [-0.4, -0.2) is 11.4 Å². The number of benzene rings is 1. The molecule has 1 aromatic rings. The average molecular weight is 248 g/mol. The molecule has 18 heavy (non-hydrogen) atoms. The summed E-state index contributed by atoms with van der Waals surface area (Å²) >= 11 is 0. The van der Waals surface area contributed by atoms with Crippen molar-refractivity contribution in [3.8, 4) is 0 Å². The van der Waals surface area contributed by atoms with E-state index in [1.807, 2.05) is 6.07 Å². The summed E-state index contributed by atoms with van der Waals surface area (Å²) in [6, 6.07) is 10.4. The van der Waals surface area contributed by atoms with Gasteiger partial charge in [-0.15, -0.1) is 0 Å². The van der Waals surface area contributed by atoms with Gasteiger partial charge in [0.1, 0.15) is 6.10 Å². The quantitative estimate of drug-likeness (QED) is 0.639. The van der Waals surface area contributed by atoms with E-state index in [1.165, 1.54) is 12.0 Å².